The number of fused-ring (bicyclic) bond motifs is 3. The maximum atomic E-state index is 11.6. The fraction of sp³-hybridized carbons (Fsp3) is 0.333. The zero-order valence-electron chi connectivity index (χ0n) is 19.4. The Morgan fingerprint density at radius 2 is 1.85 bits per heavy atom. The number of anilines is 1. The minimum absolute atomic E-state index is 0.259. The third-order valence-electron chi connectivity index (χ3n) is 5.40. The Hall–Kier alpha value is -3.05. The van der Waals surface area contributed by atoms with Gasteiger partial charge in [-0.2, -0.15) is 0 Å². The van der Waals surface area contributed by atoms with E-state index in [4.69, 9.17) is 20.6 Å². The lowest BCUT2D eigenvalue weighted by atomic mass is 9.99. The first kappa shape index (κ1) is 24.1. The lowest BCUT2D eigenvalue weighted by Crippen LogP contribution is -2.27. The van der Waals surface area contributed by atoms with Crippen molar-refractivity contribution >= 4 is 37.8 Å². The molecule has 2 aromatic heterocycles. The highest BCUT2D eigenvalue weighted by Gasteiger charge is 2.23. The van der Waals surface area contributed by atoms with Crippen LogP contribution in [0.5, 0.6) is 0 Å². The van der Waals surface area contributed by atoms with Crippen LogP contribution in [0.3, 0.4) is 0 Å². The first-order valence-electron chi connectivity index (χ1n) is 10.9. The molecule has 5 N–H and O–H groups in total. The minimum Gasteiger partial charge on any atom is -0.389 e. The number of nitrogens with two attached hydrogens (primary N) is 2. The van der Waals surface area contributed by atoms with Gasteiger partial charge in [-0.3, -0.25) is 0 Å². The Kier molecular flexibility index (Phi) is 6.34. The van der Waals surface area contributed by atoms with Crippen molar-refractivity contribution in [3.05, 3.63) is 53.9 Å². The van der Waals surface area contributed by atoms with Crippen LogP contribution in [0, 0.1) is 0 Å². The summed E-state index contributed by atoms with van der Waals surface area (Å²) in [6.07, 6.45) is 0. The first-order valence-corrected chi connectivity index (χ1v) is 12.7. The van der Waals surface area contributed by atoms with E-state index in [1.54, 1.807) is 32.0 Å². The number of nitrogen functional groups attached to an aromatic ring is 1. The van der Waals surface area contributed by atoms with Gasteiger partial charge in [-0.25, -0.2) is 23.5 Å². The van der Waals surface area contributed by atoms with Gasteiger partial charge in [0.2, 0.25) is 10.0 Å². The predicted molar refractivity (Wildman–Crippen MR) is 133 cm³/mol. The zero-order chi connectivity index (χ0) is 24.7. The smallest absolute Gasteiger partial charge is 0.213 e. The highest BCUT2D eigenvalue weighted by atomic mass is 32.2. The van der Waals surface area contributed by atoms with E-state index in [-0.39, 0.29) is 18.2 Å². The second-order valence-electron chi connectivity index (χ2n) is 8.97. The standard InChI is InChI=1S/C24H29N5O4S/c1-4-33-12-19-27-21-22(29(19)14-24(2,3)30)18-10-6-9-17(20(18)28-23(21)25)16-8-5-7-15(11-16)13-34(26,31)32/h5-11,30H,4,12-14H2,1-3H3,(H2,25,28)(H2,26,31,32). The number of nitrogens with zero attached hydrogens (tertiary/aromatic N) is 3. The number of ether oxygens (including phenoxy) is 1. The quantitative estimate of drug-likeness (QED) is 0.349. The van der Waals surface area contributed by atoms with E-state index in [0.29, 0.717) is 35.6 Å². The summed E-state index contributed by atoms with van der Waals surface area (Å²) in [5.74, 6) is 0.660. The summed E-state index contributed by atoms with van der Waals surface area (Å²) in [6, 6.07) is 12.9. The van der Waals surface area contributed by atoms with Crippen LogP contribution in [0.4, 0.5) is 5.82 Å². The molecule has 34 heavy (non-hydrogen) atoms. The molecule has 0 atom stereocenters. The van der Waals surface area contributed by atoms with Crippen molar-refractivity contribution in [1.82, 2.24) is 14.5 Å². The molecule has 2 heterocycles. The third-order valence-corrected chi connectivity index (χ3v) is 6.13. The van der Waals surface area contributed by atoms with Gasteiger partial charge in [-0.1, -0.05) is 42.5 Å². The number of rotatable bonds is 8. The van der Waals surface area contributed by atoms with Crippen LogP contribution in [0.2, 0.25) is 0 Å². The number of aliphatic hydroxyl groups is 1. The van der Waals surface area contributed by atoms with Crippen molar-refractivity contribution in [2.24, 2.45) is 5.14 Å². The van der Waals surface area contributed by atoms with E-state index in [9.17, 15) is 13.5 Å². The molecule has 0 saturated carbocycles. The molecular formula is C24H29N5O4S. The van der Waals surface area contributed by atoms with Crippen molar-refractivity contribution in [3.63, 3.8) is 0 Å². The van der Waals surface area contributed by atoms with Crippen LogP contribution in [0.15, 0.2) is 42.5 Å². The van der Waals surface area contributed by atoms with Crippen LogP contribution < -0.4 is 10.9 Å². The molecule has 9 nitrogen and oxygen atoms in total. The van der Waals surface area contributed by atoms with Gasteiger partial charge in [0.1, 0.15) is 17.9 Å². The van der Waals surface area contributed by atoms with Crippen molar-refractivity contribution in [2.45, 2.75) is 45.3 Å². The average molecular weight is 484 g/mol. The molecule has 0 fully saturated rings. The fourth-order valence-electron chi connectivity index (χ4n) is 4.13. The molecule has 0 unspecified atom stereocenters. The normalized spacial score (nSPS) is 12.6. The van der Waals surface area contributed by atoms with Crippen LogP contribution >= 0.6 is 0 Å². The highest BCUT2D eigenvalue weighted by molar-refractivity contribution is 7.88. The SMILES string of the molecule is CCOCc1nc2c(N)nc3c(-c4cccc(CS(N)(=O)=O)c4)cccc3c2n1CC(C)(C)O. The Bertz CT molecular complexity index is 1470. The van der Waals surface area contributed by atoms with Gasteiger partial charge < -0.3 is 20.1 Å². The summed E-state index contributed by atoms with van der Waals surface area (Å²) in [6.45, 7) is 6.47. The van der Waals surface area contributed by atoms with E-state index >= 15 is 0 Å². The van der Waals surface area contributed by atoms with E-state index in [1.807, 2.05) is 35.8 Å². The number of primary sulfonamides is 1. The molecule has 0 spiro atoms. The number of benzene rings is 2. The minimum atomic E-state index is -3.66. The topological polar surface area (TPSA) is 146 Å². The molecule has 4 aromatic rings. The van der Waals surface area contributed by atoms with Gasteiger partial charge in [0, 0.05) is 17.6 Å². The molecule has 2 aromatic carbocycles. The first-order chi connectivity index (χ1) is 16.0. The number of aromatic nitrogens is 3. The third kappa shape index (κ3) is 5.05. The molecule has 0 bridgehead atoms. The van der Waals surface area contributed by atoms with Gasteiger partial charge in [-0.05, 0) is 31.9 Å². The lowest BCUT2D eigenvalue weighted by molar-refractivity contribution is 0.0582. The lowest BCUT2D eigenvalue weighted by Gasteiger charge is -2.21. The number of hydrogen-bond donors (Lipinski definition) is 3. The Morgan fingerprint density at radius 1 is 1.12 bits per heavy atom. The van der Waals surface area contributed by atoms with Gasteiger partial charge in [-0.15, -0.1) is 0 Å². The largest absolute Gasteiger partial charge is 0.389 e. The summed E-state index contributed by atoms with van der Waals surface area (Å²) in [5, 5.41) is 16.7. The molecule has 0 amide bonds. The molecule has 180 valence electrons. The fourth-order valence-corrected chi connectivity index (χ4v) is 4.78. The van der Waals surface area contributed by atoms with Crippen LogP contribution in [0.25, 0.3) is 33.1 Å². The molecule has 10 heteroatoms. The van der Waals surface area contributed by atoms with Gasteiger partial charge in [0.15, 0.2) is 5.82 Å². The van der Waals surface area contributed by atoms with E-state index < -0.39 is 15.6 Å². The number of pyridine rings is 1. The van der Waals surface area contributed by atoms with E-state index in [0.717, 1.165) is 22.0 Å². The summed E-state index contributed by atoms with van der Waals surface area (Å²) in [5.41, 5.74) is 9.51. The second kappa shape index (κ2) is 8.95. The Morgan fingerprint density at radius 3 is 2.53 bits per heavy atom. The van der Waals surface area contributed by atoms with Crippen molar-refractivity contribution in [3.8, 4) is 11.1 Å². The van der Waals surface area contributed by atoms with Crippen molar-refractivity contribution in [2.75, 3.05) is 12.3 Å². The molecular weight excluding hydrogens is 454 g/mol. The number of imidazole rings is 1. The van der Waals surface area contributed by atoms with Crippen molar-refractivity contribution < 1.29 is 18.3 Å². The second-order valence-corrected chi connectivity index (χ2v) is 10.6. The zero-order valence-corrected chi connectivity index (χ0v) is 20.3. The highest BCUT2D eigenvalue weighted by Crippen LogP contribution is 2.35. The van der Waals surface area contributed by atoms with Gasteiger partial charge >= 0.3 is 0 Å². The Balaban J connectivity index is 1.98. The predicted octanol–water partition coefficient (Wildman–Crippen LogP) is 2.93. The van der Waals surface area contributed by atoms with Crippen LogP contribution in [0.1, 0.15) is 32.2 Å². The maximum Gasteiger partial charge on any atom is 0.213 e. The van der Waals surface area contributed by atoms with Crippen LogP contribution in [-0.4, -0.2) is 40.3 Å². The molecule has 4 rings (SSSR count). The van der Waals surface area contributed by atoms with Gasteiger partial charge in [0.05, 0.1) is 28.9 Å². The summed E-state index contributed by atoms with van der Waals surface area (Å²) in [4.78, 5) is 9.37. The molecule has 0 aliphatic rings. The summed E-state index contributed by atoms with van der Waals surface area (Å²) in [7, 11) is -3.66. The summed E-state index contributed by atoms with van der Waals surface area (Å²) < 4.78 is 30.7. The number of sulfonamides is 1. The van der Waals surface area contributed by atoms with Crippen LogP contribution in [-0.2, 0) is 33.7 Å². The van der Waals surface area contributed by atoms with Gasteiger partial charge in [0.25, 0.3) is 0 Å². The maximum absolute atomic E-state index is 11.6. The number of hydrogen-bond acceptors (Lipinski definition) is 7. The molecule has 0 saturated heterocycles. The number of para-hydroxylation sites is 1. The molecule has 0 aliphatic carbocycles. The Labute approximate surface area is 198 Å². The molecule has 0 radical (unpaired) electrons. The van der Waals surface area contributed by atoms with E-state index in [2.05, 4.69) is 4.98 Å². The molecule has 0 aliphatic heterocycles. The van der Waals surface area contributed by atoms with E-state index in [1.165, 1.54) is 0 Å². The summed E-state index contributed by atoms with van der Waals surface area (Å²) >= 11 is 0. The van der Waals surface area contributed by atoms with Crippen molar-refractivity contribution in [1.29, 1.82) is 0 Å². The monoisotopic (exact) mass is 483 g/mol. The average Bonchev–Trinajstić information content (AvgIpc) is 3.08.